The Balaban J connectivity index is 2.11. The molecule has 0 radical (unpaired) electrons. The first-order valence-corrected chi connectivity index (χ1v) is 7.03. The van der Waals surface area contributed by atoms with E-state index in [1.807, 2.05) is 30.3 Å². The first-order valence-electron chi connectivity index (χ1n) is 7.03. The number of hydrogen-bond donors (Lipinski definition) is 0. The van der Waals surface area contributed by atoms with E-state index in [1.165, 1.54) is 0 Å². The average Bonchev–Trinajstić information content (AvgIpc) is 2.67. The minimum atomic E-state index is -0.354. The van der Waals surface area contributed by atoms with Gasteiger partial charge in [0.1, 0.15) is 18.0 Å². The van der Waals surface area contributed by atoms with Crippen LogP contribution < -0.4 is 4.90 Å². The molecule has 5 nitrogen and oxygen atoms in total. The number of anilines is 1. The maximum absolute atomic E-state index is 12.0. The Morgan fingerprint density at radius 2 is 2.00 bits per heavy atom. The van der Waals surface area contributed by atoms with Gasteiger partial charge in [-0.2, -0.15) is 0 Å². The molecule has 2 aromatic rings. The fourth-order valence-corrected chi connectivity index (χ4v) is 2.39. The zero-order valence-electron chi connectivity index (χ0n) is 12.1. The Labute approximate surface area is 123 Å². The fourth-order valence-electron chi connectivity index (χ4n) is 2.39. The number of hydrogen-bond acceptors (Lipinski definition) is 5. The minimum Gasteiger partial charge on any atom is -0.460 e. The number of carbonyl (C=O) groups is 1. The van der Waals surface area contributed by atoms with Crippen LogP contribution in [-0.4, -0.2) is 35.1 Å². The summed E-state index contributed by atoms with van der Waals surface area (Å²) in [4.78, 5) is 23.0. The standard InChI is InChI=1S/C16H17N3O2/c1-11(2)19-8-9-21-16(20)13-10-17-14(18-15(13)19)12-6-4-3-5-7-12/h3-7,10-11H,8-9H2,1-2H3. The average molecular weight is 283 g/mol. The molecule has 0 atom stereocenters. The maximum atomic E-state index is 12.0. The summed E-state index contributed by atoms with van der Waals surface area (Å²) in [6.45, 7) is 5.16. The summed E-state index contributed by atoms with van der Waals surface area (Å²) in [5.74, 6) is 0.920. The summed E-state index contributed by atoms with van der Waals surface area (Å²) in [5, 5.41) is 0. The van der Waals surface area contributed by atoms with E-state index < -0.39 is 0 Å². The third-order valence-corrected chi connectivity index (χ3v) is 3.48. The van der Waals surface area contributed by atoms with Crippen LogP contribution >= 0.6 is 0 Å². The molecule has 1 aliphatic heterocycles. The quantitative estimate of drug-likeness (QED) is 0.793. The Morgan fingerprint density at radius 1 is 1.24 bits per heavy atom. The second-order valence-electron chi connectivity index (χ2n) is 5.22. The van der Waals surface area contributed by atoms with Crippen molar-refractivity contribution in [3.63, 3.8) is 0 Å². The normalized spacial score (nSPS) is 14.6. The zero-order valence-corrected chi connectivity index (χ0v) is 12.1. The number of esters is 1. The molecule has 0 saturated heterocycles. The molecule has 1 aromatic heterocycles. The van der Waals surface area contributed by atoms with E-state index in [0.717, 1.165) is 5.56 Å². The minimum absolute atomic E-state index is 0.233. The van der Waals surface area contributed by atoms with E-state index in [9.17, 15) is 4.79 Å². The summed E-state index contributed by atoms with van der Waals surface area (Å²) in [5.41, 5.74) is 1.36. The molecule has 0 saturated carbocycles. The lowest BCUT2D eigenvalue weighted by Gasteiger charge is -2.26. The molecule has 1 aliphatic rings. The van der Waals surface area contributed by atoms with Gasteiger partial charge >= 0.3 is 5.97 Å². The van der Waals surface area contributed by atoms with Crippen molar-refractivity contribution in [1.29, 1.82) is 0 Å². The molecule has 5 heteroatoms. The van der Waals surface area contributed by atoms with Crippen LogP contribution in [0.4, 0.5) is 5.82 Å². The Morgan fingerprint density at radius 3 is 2.71 bits per heavy atom. The number of ether oxygens (including phenoxy) is 1. The van der Waals surface area contributed by atoms with Crippen LogP contribution in [0.2, 0.25) is 0 Å². The van der Waals surface area contributed by atoms with E-state index in [-0.39, 0.29) is 12.0 Å². The number of nitrogens with zero attached hydrogens (tertiary/aromatic N) is 3. The highest BCUT2D eigenvalue weighted by Gasteiger charge is 2.26. The first kappa shape index (κ1) is 13.5. The Hall–Kier alpha value is -2.43. The zero-order chi connectivity index (χ0) is 14.8. The van der Waals surface area contributed by atoms with Crippen molar-refractivity contribution >= 4 is 11.8 Å². The molecule has 0 amide bonds. The van der Waals surface area contributed by atoms with Crippen LogP contribution in [0, 0.1) is 0 Å². The monoisotopic (exact) mass is 283 g/mol. The predicted octanol–water partition coefficient (Wildman–Crippen LogP) is 2.53. The van der Waals surface area contributed by atoms with Crippen LogP contribution in [0.15, 0.2) is 36.5 Å². The highest BCUT2D eigenvalue weighted by Crippen LogP contribution is 2.26. The van der Waals surface area contributed by atoms with E-state index in [1.54, 1.807) is 6.20 Å². The molecular formula is C16H17N3O2. The van der Waals surface area contributed by atoms with E-state index in [2.05, 4.69) is 28.7 Å². The molecule has 0 aliphatic carbocycles. The van der Waals surface area contributed by atoms with Crippen LogP contribution in [0.5, 0.6) is 0 Å². The van der Waals surface area contributed by atoms with Gasteiger partial charge in [0, 0.05) is 17.8 Å². The van der Waals surface area contributed by atoms with Crippen molar-refractivity contribution in [3.05, 3.63) is 42.1 Å². The van der Waals surface area contributed by atoms with Gasteiger partial charge in [-0.3, -0.25) is 0 Å². The summed E-state index contributed by atoms with van der Waals surface area (Å²) < 4.78 is 5.19. The van der Waals surface area contributed by atoms with Crippen molar-refractivity contribution in [1.82, 2.24) is 9.97 Å². The van der Waals surface area contributed by atoms with Gasteiger partial charge in [0.2, 0.25) is 0 Å². The molecule has 108 valence electrons. The van der Waals surface area contributed by atoms with Crippen molar-refractivity contribution in [3.8, 4) is 11.4 Å². The summed E-state index contributed by atoms with van der Waals surface area (Å²) in [6, 6.07) is 9.98. The van der Waals surface area contributed by atoms with Gasteiger partial charge in [0.15, 0.2) is 5.82 Å². The van der Waals surface area contributed by atoms with Crippen LogP contribution in [0.3, 0.4) is 0 Å². The molecule has 3 rings (SSSR count). The number of rotatable bonds is 2. The maximum Gasteiger partial charge on any atom is 0.343 e. The van der Waals surface area contributed by atoms with E-state index in [0.29, 0.717) is 30.4 Å². The Bertz CT molecular complexity index is 656. The Kier molecular flexibility index (Phi) is 3.56. The van der Waals surface area contributed by atoms with Gasteiger partial charge in [0.05, 0.1) is 6.54 Å². The van der Waals surface area contributed by atoms with Gasteiger partial charge in [-0.05, 0) is 13.8 Å². The molecular weight excluding hydrogens is 266 g/mol. The van der Waals surface area contributed by atoms with Crippen LogP contribution in [0.1, 0.15) is 24.2 Å². The fraction of sp³-hybridized carbons (Fsp3) is 0.312. The molecule has 0 fully saturated rings. The van der Waals surface area contributed by atoms with Crippen LogP contribution in [0.25, 0.3) is 11.4 Å². The number of carbonyl (C=O) groups excluding carboxylic acids is 1. The summed E-state index contributed by atoms with van der Waals surface area (Å²) in [6.07, 6.45) is 1.56. The van der Waals surface area contributed by atoms with Crippen molar-refractivity contribution in [2.45, 2.75) is 19.9 Å². The van der Waals surface area contributed by atoms with Crippen LogP contribution in [-0.2, 0) is 4.74 Å². The predicted molar refractivity (Wildman–Crippen MR) is 80.2 cm³/mol. The van der Waals surface area contributed by atoms with E-state index in [4.69, 9.17) is 4.74 Å². The van der Waals surface area contributed by atoms with Gasteiger partial charge in [-0.1, -0.05) is 30.3 Å². The number of aromatic nitrogens is 2. The smallest absolute Gasteiger partial charge is 0.343 e. The molecule has 1 aromatic carbocycles. The SMILES string of the molecule is CC(C)N1CCOC(=O)c2cnc(-c3ccccc3)nc21. The number of benzene rings is 1. The lowest BCUT2D eigenvalue weighted by atomic mass is 10.2. The number of fused-ring (bicyclic) bond motifs is 1. The van der Waals surface area contributed by atoms with Gasteiger partial charge in [-0.15, -0.1) is 0 Å². The summed E-state index contributed by atoms with van der Waals surface area (Å²) >= 11 is 0. The molecule has 21 heavy (non-hydrogen) atoms. The molecule has 0 N–H and O–H groups in total. The van der Waals surface area contributed by atoms with E-state index >= 15 is 0 Å². The second-order valence-corrected chi connectivity index (χ2v) is 5.22. The van der Waals surface area contributed by atoms with Crippen molar-refractivity contribution < 1.29 is 9.53 Å². The highest BCUT2D eigenvalue weighted by molar-refractivity contribution is 5.95. The lowest BCUT2D eigenvalue weighted by molar-refractivity contribution is 0.0525. The van der Waals surface area contributed by atoms with Crippen molar-refractivity contribution in [2.75, 3.05) is 18.1 Å². The highest BCUT2D eigenvalue weighted by atomic mass is 16.5. The van der Waals surface area contributed by atoms with Gasteiger partial charge in [0.25, 0.3) is 0 Å². The van der Waals surface area contributed by atoms with Gasteiger partial charge in [-0.25, -0.2) is 14.8 Å². The largest absolute Gasteiger partial charge is 0.460 e. The number of cyclic esters (lactones) is 1. The molecule has 2 heterocycles. The lowest BCUT2D eigenvalue weighted by Crippen LogP contribution is -2.34. The second kappa shape index (κ2) is 5.52. The molecule has 0 spiro atoms. The summed E-state index contributed by atoms with van der Waals surface area (Å²) in [7, 11) is 0. The first-order chi connectivity index (χ1) is 10.2. The third kappa shape index (κ3) is 2.59. The van der Waals surface area contributed by atoms with Crippen molar-refractivity contribution in [2.24, 2.45) is 0 Å². The third-order valence-electron chi connectivity index (χ3n) is 3.48. The topological polar surface area (TPSA) is 55.3 Å². The molecule has 0 bridgehead atoms. The molecule has 0 unspecified atom stereocenters. The van der Waals surface area contributed by atoms with Gasteiger partial charge < -0.3 is 9.64 Å².